The van der Waals surface area contributed by atoms with Gasteiger partial charge < -0.3 is 14.3 Å². The van der Waals surface area contributed by atoms with Gasteiger partial charge in [0.25, 0.3) is 0 Å². The van der Waals surface area contributed by atoms with Gasteiger partial charge in [0.1, 0.15) is 0 Å². The molecule has 0 aromatic carbocycles. The third-order valence-corrected chi connectivity index (χ3v) is 7.95. The fourth-order valence-corrected chi connectivity index (χ4v) is 7.13. The van der Waals surface area contributed by atoms with Crippen molar-refractivity contribution in [3.8, 4) is 0 Å². The maximum absolute atomic E-state index is 13.1. The maximum atomic E-state index is 13.1. The van der Waals surface area contributed by atoms with Gasteiger partial charge in [0.05, 0.1) is 11.8 Å². The zero-order valence-corrected chi connectivity index (χ0v) is 22.2. The predicted molar refractivity (Wildman–Crippen MR) is 126 cm³/mol. The molecule has 1 saturated heterocycles. The number of nitrogens with zero attached hydrogens (tertiary/aromatic N) is 1. The van der Waals surface area contributed by atoms with E-state index in [1.807, 2.05) is 32.6 Å². The highest BCUT2D eigenvalue weighted by Gasteiger charge is 2.40. The topological polar surface area (TPSA) is 66.8 Å². The number of hydrogen-bond acceptors (Lipinski definition) is 3. The van der Waals surface area contributed by atoms with Gasteiger partial charge in [0.15, 0.2) is 0 Å². The highest BCUT2D eigenvalue weighted by atomic mass is 31.2. The summed E-state index contributed by atoms with van der Waals surface area (Å²) in [4.78, 5) is 25.6. The van der Waals surface area contributed by atoms with Crippen LogP contribution in [0, 0.1) is 22.2 Å². The van der Waals surface area contributed by atoms with Crippen LogP contribution in [-0.2, 0) is 13.9 Å². The Labute approximate surface area is 185 Å². The molecule has 1 aliphatic heterocycles. The molecular formula is C24H48NO4P. The smallest absolute Gasteiger partial charge is 0.328 e. The number of piperidine rings is 1. The Hall–Kier alpha value is -0.380. The van der Waals surface area contributed by atoms with Crippen LogP contribution in [0.1, 0.15) is 101 Å². The van der Waals surface area contributed by atoms with Crippen molar-refractivity contribution < 1.29 is 18.8 Å². The monoisotopic (exact) mass is 445 g/mol. The highest BCUT2D eigenvalue weighted by Crippen LogP contribution is 2.51. The quantitative estimate of drug-likeness (QED) is 0.412. The van der Waals surface area contributed by atoms with Gasteiger partial charge in [0.2, 0.25) is 5.91 Å². The Morgan fingerprint density at radius 3 is 1.93 bits per heavy atom. The third-order valence-electron chi connectivity index (χ3n) is 6.19. The summed E-state index contributed by atoms with van der Waals surface area (Å²) < 4.78 is 18.5. The van der Waals surface area contributed by atoms with Gasteiger partial charge in [-0.15, -0.1) is 0 Å². The van der Waals surface area contributed by atoms with E-state index in [1.54, 1.807) is 0 Å². The number of carbonyl (C=O) groups excluding carboxylic acids is 1. The first kappa shape index (κ1) is 27.7. The maximum Gasteiger partial charge on any atom is 0.328 e. The van der Waals surface area contributed by atoms with E-state index in [9.17, 15) is 14.3 Å². The van der Waals surface area contributed by atoms with Crippen LogP contribution in [-0.4, -0.2) is 40.6 Å². The SMILES string of the molecule is CCC(C)(C)CC(C)(C)C(=O)N1CCC(CP(=O)(O)OC(C)(C)CC(C)(C)C)CC1. The molecule has 0 bridgehead atoms. The van der Waals surface area contributed by atoms with Crippen LogP contribution in [0.5, 0.6) is 0 Å². The average molecular weight is 446 g/mol. The van der Waals surface area contributed by atoms with E-state index in [0.29, 0.717) is 19.5 Å². The van der Waals surface area contributed by atoms with Crippen LogP contribution in [0.15, 0.2) is 0 Å². The Morgan fingerprint density at radius 1 is 1.00 bits per heavy atom. The molecule has 1 atom stereocenters. The second-order valence-corrected chi connectivity index (χ2v) is 14.5. The van der Waals surface area contributed by atoms with Crippen molar-refractivity contribution in [1.82, 2.24) is 4.90 Å². The minimum atomic E-state index is -3.68. The second kappa shape index (κ2) is 9.63. The number of carbonyl (C=O) groups is 1. The summed E-state index contributed by atoms with van der Waals surface area (Å²) in [5, 5.41) is 0. The summed E-state index contributed by atoms with van der Waals surface area (Å²) in [5.74, 6) is 0.322. The lowest BCUT2D eigenvalue weighted by Crippen LogP contribution is -2.46. The number of likely N-dealkylation sites (tertiary alicyclic amines) is 1. The molecule has 1 heterocycles. The molecule has 0 spiro atoms. The molecule has 0 aliphatic carbocycles. The van der Waals surface area contributed by atoms with Crippen molar-refractivity contribution in [3.05, 3.63) is 0 Å². The second-order valence-electron chi connectivity index (χ2n) is 12.7. The lowest BCUT2D eigenvalue weighted by molar-refractivity contribution is -0.143. The van der Waals surface area contributed by atoms with Crippen LogP contribution in [0.2, 0.25) is 0 Å². The van der Waals surface area contributed by atoms with Gasteiger partial charge in [0, 0.05) is 18.5 Å². The van der Waals surface area contributed by atoms with Gasteiger partial charge in [-0.1, -0.05) is 61.8 Å². The van der Waals surface area contributed by atoms with E-state index in [4.69, 9.17) is 4.52 Å². The molecule has 0 aromatic rings. The molecule has 1 fully saturated rings. The first-order chi connectivity index (χ1) is 13.3. The molecular weight excluding hydrogens is 397 g/mol. The summed E-state index contributed by atoms with van der Waals surface area (Å²) in [5.41, 5.74) is -0.874. The minimum absolute atomic E-state index is 0.0222. The van der Waals surface area contributed by atoms with Crippen LogP contribution in [0.25, 0.3) is 0 Å². The molecule has 6 heteroatoms. The number of rotatable bonds is 9. The largest absolute Gasteiger partial charge is 0.342 e. The average Bonchev–Trinajstić information content (AvgIpc) is 2.50. The Bertz CT molecular complexity index is 626. The molecule has 30 heavy (non-hydrogen) atoms. The first-order valence-corrected chi connectivity index (χ1v) is 13.4. The van der Waals surface area contributed by atoms with Crippen molar-refractivity contribution >= 4 is 13.5 Å². The van der Waals surface area contributed by atoms with Crippen LogP contribution < -0.4 is 0 Å². The normalized spacial score (nSPS) is 19.6. The molecule has 1 unspecified atom stereocenters. The summed E-state index contributed by atoms with van der Waals surface area (Å²) in [6.07, 6.45) is 4.30. The van der Waals surface area contributed by atoms with Gasteiger partial charge in [-0.3, -0.25) is 9.36 Å². The van der Waals surface area contributed by atoms with Crippen molar-refractivity contribution in [3.63, 3.8) is 0 Å². The van der Waals surface area contributed by atoms with Gasteiger partial charge in [-0.25, -0.2) is 0 Å². The zero-order chi connectivity index (χ0) is 23.6. The molecule has 1 N–H and O–H groups in total. The Morgan fingerprint density at radius 2 is 1.50 bits per heavy atom. The summed E-state index contributed by atoms with van der Waals surface area (Å²) in [6.45, 7) is 22.1. The van der Waals surface area contributed by atoms with Gasteiger partial charge in [-0.05, 0) is 56.3 Å². The van der Waals surface area contributed by atoms with Crippen LogP contribution >= 0.6 is 7.60 Å². The fraction of sp³-hybridized carbons (Fsp3) is 0.958. The summed E-state index contributed by atoms with van der Waals surface area (Å²) in [6, 6.07) is 0. The van der Waals surface area contributed by atoms with E-state index in [1.165, 1.54) is 0 Å². The van der Waals surface area contributed by atoms with Crippen molar-refractivity contribution in [2.75, 3.05) is 19.3 Å². The molecule has 178 valence electrons. The van der Waals surface area contributed by atoms with Crippen molar-refractivity contribution in [1.29, 1.82) is 0 Å². The van der Waals surface area contributed by atoms with E-state index < -0.39 is 18.6 Å². The Balaban J connectivity index is 2.63. The first-order valence-electron chi connectivity index (χ1n) is 11.6. The van der Waals surface area contributed by atoms with Crippen molar-refractivity contribution in [2.45, 2.75) is 107 Å². The standard InChI is InChI=1S/C24H48NO4P/c1-11-22(5,6)18-23(7,8)20(26)25-14-12-19(13-15-25)16-30(27,28)29-24(9,10)17-21(2,3)4/h19H,11-18H2,1-10H3,(H,27,28). The number of amides is 1. The van der Waals surface area contributed by atoms with Crippen LogP contribution in [0.4, 0.5) is 0 Å². The molecule has 1 rings (SSSR count). The molecule has 1 amide bonds. The molecule has 5 nitrogen and oxygen atoms in total. The lowest BCUT2D eigenvalue weighted by atomic mass is 9.73. The van der Waals surface area contributed by atoms with E-state index in [2.05, 4.69) is 41.5 Å². The van der Waals surface area contributed by atoms with Gasteiger partial charge >= 0.3 is 7.60 Å². The fourth-order valence-electron chi connectivity index (χ4n) is 5.20. The van der Waals surface area contributed by atoms with Gasteiger partial charge in [-0.2, -0.15) is 0 Å². The predicted octanol–water partition coefficient (Wildman–Crippen LogP) is 6.49. The van der Waals surface area contributed by atoms with Crippen molar-refractivity contribution in [2.24, 2.45) is 22.2 Å². The molecule has 1 aliphatic rings. The van der Waals surface area contributed by atoms with E-state index in [0.717, 1.165) is 25.7 Å². The van der Waals surface area contributed by atoms with E-state index in [-0.39, 0.29) is 28.8 Å². The van der Waals surface area contributed by atoms with E-state index >= 15 is 0 Å². The molecule has 0 saturated carbocycles. The highest BCUT2D eigenvalue weighted by molar-refractivity contribution is 7.52. The number of hydrogen-bond donors (Lipinski definition) is 1. The summed E-state index contributed by atoms with van der Waals surface area (Å²) in [7, 11) is -3.68. The lowest BCUT2D eigenvalue weighted by Gasteiger charge is -2.40. The zero-order valence-electron chi connectivity index (χ0n) is 21.3. The minimum Gasteiger partial charge on any atom is -0.342 e. The molecule has 0 radical (unpaired) electrons. The van der Waals surface area contributed by atoms with Crippen LogP contribution in [0.3, 0.4) is 0 Å². The Kier molecular flexibility index (Phi) is 8.88. The summed E-state index contributed by atoms with van der Waals surface area (Å²) >= 11 is 0. The molecule has 0 aromatic heterocycles. The third kappa shape index (κ3) is 9.40.